The fourth-order valence-corrected chi connectivity index (χ4v) is 4.18. The van der Waals surface area contributed by atoms with Crippen LogP contribution in [0.3, 0.4) is 0 Å². The zero-order valence-corrected chi connectivity index (χ0v) is 13.1. The van der Waals surface area contributed by atoms with Crippen LogP contribution in [0, 0.1) is 11.3 Å². The molecule has 19 heavy (non-hydrogen) atoms. The molecule has 0 bridgehead atoms. The van der Waals surface area contributed by atoms with Gasteiger partial charge in [0.2, 0.25) is 0 Å². The standard InChI is InChI=1S/C17H31NO/c1-4-16(19)15-12-17(3,13-18(15)5-2)11-10-14-8-6-7-9-14/h14-15H,4-13H2,1-3H3/t15-,17+/m0/s1. The van der Waals surface area contributed by atoms with E-state index in [4.69, 9.17) is 0 Å². The van der Waals surface area contributed by atoms with Crippen molar-refractivity contribution in [2.24, 2.45) is 11.3 Å². The first-order chi connectivity index (χ1) is 9.08. The van der Waals surface area contributed by atoms with E-state index in [1.54, 1.807) is 0 Å². The zero-order valence-electron chi connectivity index (χ0n) is 13.1. The lowest BCUT2D eigenvalue weighted by molar-refractivity contribution is -0.123. The van der Waals surface area contributed by atoms with Crippen LogP contribution in [0.1, 0.15) is 72.1 Å². The van der Waals surface area contributed by atoms with Gasteiger partial charge in [-0.25, -0.2) is 0 Å². The summed E-state index contributed by atoms with van der Waals surface area (Å²) in [6, 6.07) is 0.212. The number of hydrogen-bond acceptors (Lipinski definition) is 2. The molecule has 1 aliphatic heterocycles. The molecule has 2 rings (SSSR count). The van der Waals surface area contributed by atoms with Crippen molar-refractivity contribution < 1.29 is 4.79 Å². The number of likely N-dealkylation sites (N-methyl/N-ethyl adjacent to an activating group) is 1. The Morgan fingerprint density at radius 1 is 1.26 bits per heavy atom. The van der Waals surface area contributed by atoms with Crippen molar-refractivity contribution in [2.75, 3.05) is 13.1 Å². The van der Waals surface area contributed by atoms with E-state index in [9.17, 15) is 4.79 Å². The second-order valence-corrected chi connectivity index (χ2v) is 7.10. The van der Waals surface area contributed by atoms with Gasteiger partial charge in [0.05, 0.1) is 6.04 Å². The number of carbonyl (C=O) groups is 1. The van der Waals surface area contributed by atoms with Gasteiger partial charge in [-0.1, -0.05) is 46.5 Å². The third-order valence-electron chi connectivity index (χ3n) is 5.47. The fourth-order valence-electron chi connectivity index (χ4n) is 4.18. The van der Waals surface area contributed by atoms with Gasteiger partial charge in [0.1, 0.15) is 5.78 Å². The van der Waals surface area contributed by atoms with Crippen molar-refractivity contribution in [3.8, 4) is 0 Å². The van der Waals surface area contributed by atoms with E-state index >= 15 is 0 Å². The van der Waals surface area contributed by atoms with E-state index in [0.717, 1.165) is 25.4 Å². The highest BCUT2D eigenvalue weighted by atomic mass is 16.1. The normalized spacial score (nSPS) is 33.1. The molecule has 2 aliphatic rings. The Kier molecular flexibility index (Phi) is 5.05. The Morgan fingerprint density at radius 3 is 2.53 bits per heavy atom. The Hall–Kier alpha value is -0.370. The van der Waals surface area contributed by atoms with Crippen LogP contribution in [0.2, 0.25) is 0 Å². The number of carbonyl (C=O) groups excluding carboxylic acids is 1. The van der Waals surface area contributed by atoms with Crippen molar-refractivity contribution in [3.05, 3.63) is 0 Å². The molecule has 1 saturated heterocycles. The molecule has 0 unspecified atom stereocenters. The molecule has 1 aliphatic carbocycles. The lowest BCUT2D eigenvalue weighted by Crippen LogP contribution is -2.35. The largest absolute Gasteiger partial charge is 0.298 e. The molecule has 0 amide bonds. The Balaban J connectivity index is 1.90. The van der Waals surface area contributed by atoms with E-state index < -0.39 is 0 Å². The summed E-state index contributed by atoms with van der Waals surface area (Å²) in [6.45, 7) is 8.76. The first kappa shape index (κ1) is 15.0. The van der Waals surface area contributed by atoms with Gasteiger partial charge >= 0.3 is 0 Å². The SMILES string of the molecule is CCC(=O)[C@@H]1C[C@@](C)(CCC2CCCC2)CN1CC. The molecule has 1 saturated carbocycles. The van der Waals surface area contributed by atoms with Crippen molar-refractivity contribution in [1.82, 2.24) is 4.90 Å². The van der Waals surface area contributed by atoms with Gasteiger partial charge in [-0.3, -0.25) is 9.69 Å². The number of nitrogens with zero attached hydrogens (tertiary/aromatic N) is 1. The molecule has 0 radical (unpaired) electrons. The summed E-state index contributed by atoms with van der Waals surface area (Å²) in [5, 5.41) is 0. The van der Waals surface area contributed by atoms with Gasteiger partial charge < -0.3 is 0 Å². The minimum absolute atomic E-state index is 0.212. The second kappa shape index (κ2) is 6.39. The third kappa shape index (κ3) is 3.59. The first-order valence-corrected chi connectivity index (χ1v) is 8.34. The Labute approximate surface area is 118 Å². The summed E-state index contributed by atoms with van der Waals surface area (Å²) in [4.78, 5) is 14.5. The quantitative estimate of drug-likeness (QED) is 0.722. The highest BCUT2D eigenvalue weighted by molar-refractivity contribution is 5.84. The monoisotopic (exact) mass is 265 g/mol. The predicted molar refractivity (Wildman–Crippen MR) is 80.2 cm³/mol. The summed E-state index contributed by atoms with van der Waals surface area (Å²) in [5.41, 5.74) is 0.383. The molecule has 0 aromatic rings. The second-order valence-electron chi connectivity index (χ2n) is 7.10. The van der Waals surface area contributed by atoms with Crippen molar-refractivity contribution in [1.29, 1.82) is 0 Å². The van der Waals surface area contributed by atoms with Crippen LogP contribution < -0.4 is 0 Å². The number of hydrogen-bond donors (Lipinski definition) is 0. The maximum atomic E-state index is 12.1. The minimum Gasteiger partial charge on any atom is -0.298 e. The molecule has 0 N–H and O–H groups in total. The smallest absolute Gasteiger partial charge is 0.149 e. The lowest BCUT2D eigenvalue weighted by Gasteiger charge is -2.25. The van der Waals surface area contributed by atoms with E-state index in [2.05, 4.69) is 18.7 Å². The fraction of sp³-hybridized carbons (Fsp3) is 0.941. The van der Waals surface area contributed by atoms with Crippen LogP contribution in [0.5, 0.6) is 0 Å². The predicted octanol–water partition coefficient (Wildman–Crippen LogP) is 4.04. The molecule has 2 nitrogen and oxygen atoms in total. The molecular formula is C17H31NO. The minimum atomic E-state index is 0.212. The molecule has 0 spiro atoms. The number of ketones is 1. The topological polar surface area (TPSA) is 20.3 Å². The number of rotatable bonds is 6. The van der Waals surface area contributed by atoms with Gasteiger partial charge in [0.15, 0.2) is 0 Å². The zero-order chi connectivity index (χ0) is 13.9. The Morgan fingerprint density at radius 2 is 1.95 bits per heavy atom. The average molecular weight is 265 g/mol. The maximum absolute atomic E-state index is 12.1. The highest BCUT2D eigenvalue weighted by Crippen LogP contribution is 2.41. The van der Waals surface area contributed by atoms with Gasteiger partial charge in [-0.15, -0.1) is 0 Å². The lowest BCUT2D eigenvalue weighted by atomic mass is 9.80. The maximum Gasteiger partial charge on any atom is 0.149 e. The van der Waals surface area contributed by atoms with E-state index in [1.807, 2.05) is 6.92 Å². The van der Waals surface area contributed by atoms with Crippen molar-refractivity contribution in [2.45, 2.75) is 78.2 Å². The Bertz CT molecular complexity index is 308. The summed E-state index contributed by atoms with van der Waals surface area (Å²) in [7, 11) is 0. The van der Waals surface area contributed by atoms with Gasteiger partial charge in [0.25, 0.3) is 0 Å². The molecule has 0 aromatic carbocycles. The van der Waals surface area contributed by atoms with Crippen LogP contribution in [0.15, 0.2) is 0 Å². The van der Waals surface area contributed by atoms with E-state index in [1.165, 1.54) is 38.5 Å². The molecule has 110 valence electrons. The molecule has 2 fully saturated rings. The van der Waals surface area contributed by atoms with Gasteiger partial charge in [0, 0.05) is 13.0 Å². The van der Waals surface area contributed by atoms with Crippen molar-refractivity contribution >= 4 is 5.78 Å². The summed E-state index contributed by atoms with van der Waals surface area (Å²) in [5.74, 6) is 1.43. The number of likely N-dealkylation sites (tertiary alicyclic amines) is 1. The van der Waals surface area contributed by atoms with E-state index in [0.29, 0.717) is 17.6 Å². The van der Waals surface area contributed by atoms with Crippen LogP contribution in [0.25, 0.3) is 0 Å². The third-order valence-corrected chi connectivity index (χ3v) is 5.47. The van der Waals surface area contributed by atoms with Crippen LogP contribution in [-0.2, 0) is 4.79 Å². The van der Waals surface area contributed by atoms with Gasteiger partial charge in [-0.2, -0.15) is 0 Å². The van der Waals surface area contributed by atoms with E-state index in [-0.39, 0.29) is 6.04 Å². The summed E-state index contributed by atoms with van der Waals surface area (Å²) < 4.78 is 0. The first-order valence-electron chi connectivity index (χ1n) is 8.34. The summed E-state index contributed by atoms with van der Waals surface area (Å²) >= 11 is 0. The van der Waals surface area contributed by atoms with Gasteiger partial charge in [-0.05, 0) is 37.1 Å². The number of Topliss-reactive ketones (excluding diaryl/α,β-unsaturated/α-hetero) is 1. The van der Waals surface area contributed by atoms with Crippen LogP contribution >= 0.6 is 0 Å². The molecular weight excluding hydrogens is 234 g/mol. The van der Waals surface area contributed by atoms with Crippen LogP contribution in [0.4, 0.5) is 0 Å². The molecule has 2 heteroatoms. The molecule has 2 atom stereocenters. The summed E-state index contributed by atoms with van der Waals surface area (Å²) in [6.07, 6.45) is 10.3. The van der Waals surface area contributed by atoms with Crippen LogP contribution in [-0.4, -0.2) is 29.8 Å². The molecule has 0 aromatic heterocycles. The highest BCUT2D eigenvalue weighted by Gasteiger charge is 2.42. The average Bonchev–Trinajstić information content (AvgIpc) is 3.03. The van der Waals surface area contributed by atoms with Crippen molar-refractivity contribution in [3.63, 3.8) is 0 Å². The molecule has 1 heterocycles.